The van der Waals surface area contributed by atoms with Crippen molar-refractivity contribution in [2.75, 3.05) is 51.3 Å². The van der Waals surface area contributed by atoms with Crippen LogP contribution in [0.25, 0.3) is 0 Å². The number of halogens is 1. The Morgan fingerprint density at radius 3 is 2.40 bits per heavy atom. The Morgan fingerprint density at radius 2 is 1.68 bits per heavy atom. The van der Waals surface area contributed by atoms with Crippen molar-refractivity contribution in [1.29, 1.82) is 0 Å². The van der Waals surface area contributed by atoms with Crippen LogP contribution in [0.1, 0.15) is 6.42 Å². The highest BCUT2D eigenvalue weighted by Crippen LogP contribution is 2.28. The molecule has 2 aromatic carbocycles. The van der Waals surface area contributed by atoms with E-state index in [9.17, 15) is 0 Å². The molecule has 5 heteroatoms. The fraction of sp³-hybridized carbons (Fsp3) is 0.400. The molecule has 25 heavy (non-hydrogen) atoms. The molecule has 0 N–H and O–H groups in total. The normalized spacial score (nSPS) is 15.2. The quantitative estimate of drug-likeness (QED) is 0.649. The van der Waals surface area contributed by atoms with Gasteiger partial charge in [-0.25, -0.2) is 0 Å². The van der Waals surface area contributed by atoms with Crippen LogP contribution in [0.4, 0.5) is 5.69 Å². The molecule has 1 aliphatic rings. The molecule has 0 saturated carbocycles. The van der Waals surface area contributed by atoms with E-state index >= 15 is 0 Å². The number of ether oxygens (including phenoxy) is 2. The summed E-state index contributed by atoms with van der Waals surface area (Å²) in [7, 11) is 1.74. The highest BCUT2D eigenvalue weighted by molar-refractivity contribution is 9.10. The van der Waals surface area contributed by atoms with Crippen LogP contribution >= 0.6 is 15.9 Å². The van der Waals surface area contributed by atoms with Crippen LogP contribution in [0.3, 0.4) is 0 Å². The minimum absolute atomic E-state index is 0.758. The van der Waals surface area contributed by atoms with Crippen LogP contribution in [0, 0.1) is 0 Å². The molecule has 3 rings (SSSR count). The van der Waals surface area contributed by atoms with Crippen LogP contribution in [0.15, 0.2) is 53.0 Å². The second-order valence-electron chi connectivity index (χ2n) is 6.16. The van der Waals surface area contributed by atoms with E-state index in [1.165, 1.54) is 5.69 Å². The molecule has 0 amide bonds. The maximum Gasteiger partial charge on any atom is 0.142 e. The third kappa shape index (κ3) is 5.13. The van der Waals surface area contributed by atoms with Gasteiger partial charge in [0.15, 0.2) is 0 Å². The van der Waals surface area contributed by atoms with E-state index in [0.29, 0.717) is 0 Å². The molecule has 0 bridgehead atoms. The van der Waals surface area contributed by atoms with Gasteiger partial charge in [0, 0.05) is 37.2 Å². The number of methoxy groups -OCH3 is 1. The number of rotatable bonds is 7. The van der Waals surface area contributed by atoms with Gasteiger partial charge in [-0.2, -0.15) is 0 Å². The molecule has 1 heterocycles. The number of piperazine rings is 1. The van der Waals surface area contributed by atoms with Crippen molar-refractivity contribution < 1.29 is 9.47 Å². The lowest BCUT2D eigenvalue weighted by Gasteiger charge is -2.36. The maximum atomic E-state index is 5.80. The van der Waals surface area contributed by atoms with Crippen molar-refractivity contribution in [1.82, 2.24) is 4.90 Å². The largest absolute Gasteiger partial charge is 0.495 e. The van der Waals surface area contributed by atoms with Crippen LogP contribution in [0.2, 0.25) is 0 Å². The van der Waals surface area contributed by atoms with E-state index in [2.05, 4.69) is 37.9 Å². The van der Waals surface area contributed by atoms with Gasteiger partial charge in [-0.05, 0) is 42.8 Å². The number of benzene rings is 2. The standard InChI is InChI=1S/C20H25BrN2O2/c1-24-20-6-3-2-5-19(20)23-14-12-22(13-15-23)11-4-16-25-18-9-7-17(21)8-10-18/h2-3,5-10H,4,11-16H2,1H3. The molecule has 0 unspecified atom stereocenters. The first-order valence-corrected chi connectivity index (χ1v) is 9.54. The summed E-state index contributed by atoms with van der Waals surface area (Å²) in [5.41, 5.74) is 1.20. The first-order valence-electron chi connectivity index (χ1n) is 8.75. The van der Waals surface area contributed by atoms with Crippen molar-refractivity contribution in [3.05, 3.63) is 53.0 Å². The average Bonchev–Trinajstić information content (AvgIpc) is 2.67. The highest BCUT2D eigenvalue weighted by atomic mass is 79.9. The van der Waals surface area contributed by atoms with E-state index in [1.807, 2.05) is 36.4 Å². The van der Waals surface area contributed by atoms with Gasteiger partial charge in [0.2, 0.25) is 0 Å². The summed E-state index contributed by atoms with van der Waals surface area (Å²) in [5, 5.41) is 0. The Labute approximate surface area is 158 Å². The lowest BCUT2D eigenvalue weighted by atomic mass is 10.2. The summed E-state index contributed by atoms with van der Waals surface area (Å²) in [6.07, 6.45) is 1.05. The summed E-state index contributed by atoms with van der Waals surface area (Å²) < 4.78 is 12.4. The van der Waals surface area contributed by atoms with E-state index < -0.39 is 0 Å². The van der Waals surface area contributed by atoms with Crippen LogP contribution in [0.5, 0.6) is 11.5 Å². The summed E-state index contributed by atoms with van der Waals surface area (Å²) in [6, 6.07) is 16.3. The molecule has 0 aromatic heterocycles. The second-order valence-corrected chi connectivity index (χ2v) is 7.07. The smallest absolute Gasteiger partial charge is 0.142 e. The topological polar surface area (TPSA) is 24.9 Å². The van der Waals surface area contributed by atoms with Crippen LogP contribution < -0.4 is 14.4 Å². The lowest BCUT2D eigenvalue weighted by Crippen LogP contribution is -2.46. The monoisotopic (exact) mass is 404 g/mol. The Hall–Kier alpha value is -1.72. The van der Waals surface area contributed by atoms with E-state index in [0.717, 1.165) is 61.7 Å². The molecule has 4 nitrogen and oxygen atoms in total. The Morgan fingerprint density at radius 1 is 0.960 bits per heavy atom. The number of para-hydroxylation sites is 2. The van der Waals surface area contributed by atoms with Gasteiger partial charge >= 0.3 is 0 Å². The predicted octanol–water partition coefficient (Wildman–Crippen LogP) is 4.05. The first kappa shape index (κ1) is 18.1. The van der Waals surface area contributed by atoms with E-state index in [-0.39, 0.29) is 0 Å². The van der Waals surface area contributed by atoms with Gasteiger partial charge in [0.1, 0.15) is 11.5 Å². The zero-order valence-electron chi connectivity index (χ0n) is 14.7. The maximum absolute atomic E-state index is 5.80. The van der Waals surface area contributed by atoms with Gasteiger partial charge in [0.25, 0.3) is 0 Å². The molecule has 0 radical (unpaired) electrons. The molecule has 2 aromatic rings. The predicted molar refractivity (Wildman–Crippen MR) is 106 cm³/mol. The van der Waals surface area contributed by atoms with Crippen molar-refractivity contribution in [3.8, 4) is 11.5 Å². The van der Waals surface area contributed by atoms with Gasteiger partial charge in [-0.3, -0.25) is 4.90 Å². The second kappa shape index (κ2) is 9.11. The van der Waals surface area contributed by atoms with Crippen molar-refractivity contribution >= 4 is 21.6 Å². The fourth-order valence-corrected chi connectivity index (χ4v) is 3.38. The molecular weight excluding hydrogens is 380 g/mol. The molecule has 1 saturated heterocycles. The van der Waals surface area contributed by atoms with Crippen LogP contribution in [-0.4, -0.2) is 51.3 Å². The third-order valence-corrected chi connectivity index (χ3v) is 5.03. The molecule has 1 aliphatic heterocycles. The molecule has 1 fully saturated rings. The number of anilines is 1. The molecular formula is C20H25BrN2O2. The minimum Gasteiger partial charge on any atom is -0.495 e. The van der Waals surface area contributed by atoms with Gasteiger partial charge in [-0.1, -0.05) is 28.1 Å². The van der Waals surface area contributed by atoms with Crippen molar-refractivity contribution in [2.24, 2.45) is 0 Å². The number of nitrogens with zero attached hydrogens (tertiary/aromatic N) is 2. The zero-order valence-corrected chi connectivity index (χ0v) is 16.2. The molecule has 0 spiro atoms. The fourth-order valence-electron chi connectivity index (χ4n) is 3.11. The first-order chi connectivity index (χ1) is 12.3. The summed E-state index contributed by atoms with van der Waals surface area (Å²) >= 11 is 3.44. The number of hydrogen-bond acceptors (Lipinski definition) is 4. The summed E-state index contributed by atoms with van der Waals surface area (Å²) in [6.45, 7) is 6.07. The SMILES string of the molecule is COc1ccccc1N1CCN(CCCOc2ccc(Br)cc2)CC1. The van der Waals surface area contributed by atoms with Gasteiger partial charge in [0.05, 0.1) is 19.4 Å². The van der Waals surface area contributed by atoms with Crippen molar-refractivity contribution in [2.45, 2.75) is 6.42 Å². The number of hydrogen-bond donors (Lipinski definition) is 0. The van der Waals surface area contributed by atoms with E-state index in [4.69, 9.17) is 9.47 Å². The third-order valence-electron chi connectivity index (χ3n) is 4.50. The van der Waals surface area contributed by atoms with Crippen LogP contribution in [-0.2, 0) is 0 Å². The Bertz CT molecular complexity index is 655. The summed E-state index contributed by atoms with van der Waals surface area (Å²) in [4.78, 5) is 4.92. The highest BCUT2D eigenvalue weighted by Gasteiger charge is 2.19. The summed E-state index contributed by atoms with van der Waals surface area (Å²) in [5.74, 6) is 1.89. The lowest BCUT2D eigenvalue weighted by molar-refractivity contribution is 0.224. The van der Waals surface area contributed by atoms with Gasteiger partial charge in [-0.15, -0.1) is 0 Å². The molecule has 0 atom stereocenters. The average molecular weight is 405 g/mol. The molecule has 0 aliphatic carbocycles. The van der Waals surface area contributed by atoms with Crippen molar-refractivity contribution in [3.63, 3.8) is 0 Å². The van der Waals surface area contributed by atoms with E-state index in [1.54, 1.807) is 7.11 Å². The van der Waals surface area contributed by atoms with Gasteiger partial charge < -0.3 is 14.4 Å². The Kier molecular flexibility index (Phi) is 6.59. The Balaban J connectivity index is 1.38. The zero-order chi connectivity index (χ0) is 17.5. The minimum atomic E-state index is 0.758. The molecule has 134 valence electrons.